The molecule has 0 saturated heterocycles. The van der Waals surface area contributed by atoms with Crippen molar-refractivity contribution in [2.75, 3.05) is 0 Å². The van der Waals surface area contributed by atoms with E-state index in [1.54, 1.807) is 6.08 Å². The monoisotopic (exact) mass is 223 g/mol. The van der Waals surface area contributed by atoms with Crippen molar-refractivity contribution < 1.29 is 9.34 Å². The fourth-order valence-corrected chi connectivity index (χ4v) is 1.61. The number of furan rings is 1. The maximum absolute atomic E-state index is 10.4. The van der Waals surface area contributed by atoms with Gasteiger partial charge in [0.1, 0.15) is 9.93 Å². The zero-order valence-corrected chi connectivity index (χ0v) is 8.23. The van der Waals surface area contributed by atoms with E-state index in [4.69, 9.17) is 4.42 Å². The molecule has 0 bridgehead atoms. The minimum Gasteiger partial charge on any atom is -0.398 e. The third-order valence-electron chi connectivity index (χ3n) is 1.60. The van der Waals surface area contributed by atoms with Crippen molar-refractivity contribution in [2.24, 2.45) is 0 Å². The van der Waals surface area contributed by atoms with E-state index in [1.807, 2.05) is 0 Å². The summed E-state index contributed by atoms with van der Waals surface area (Å²) in [6.45, 7) is 3.54. The van der Waals surface area contributed by atoms with Gasteiger partial charge in [0.15, 0.2) is 10.8 Å². The van der Waals surface area contributed by atoms with Crippen molar-refractivity contribution in [3.63, 3.8) is 0 Å². The summed E-state index contributed by atoms with van der Waals surface area (Å²) in [6, 6.07) is 2.77. The van der Waals surface area contributed by atoms with Crippen LogP contribution in [0, 0.1) is 10.1 Å². The third kappa shape index (κ3) is 1.77. The van der Waals surface area contributed by atoms with Gasteiger partial charge in [-0.2, -0.15) is 0 Å². The first-order valence-corrected chi connectivity index (χ1v) is 4.73. The smallest absolute Gasteiger partial charge is 0.398 e. The Morgan fingerprint density at radius 3 is 2.87 bits per heavy atom. The second kappa shape index (κ2) is 3.62. The van der Waals surface area contributed by atoms with E-state index in [9.17, 15) is 10.1 Å². The molecular weight excluding hydrogens is 218 g/mol. The molecule has 0 fully saturated rings. The molecule has 0 spiro atoms. The number of nitro groups is 1. The van der Waals surface area contributed by atoms with Gasteiger partial charge in [-0.15, -0.1) is 10.2 Å². The lowest BCUT2D eigenvalue weighted by Crippen LogP contribution is -1.82. The first-order valence-electron chi connectivity index (χ1n) is 3.91. The largest absolute Gasteiger partial charge is 0.433 e. The van der Waals surface area contributed by atoms with Crippen molar-refractivity contribution in [1.82, 2.24) is 10.2 Å². The maximum atomic E-state index is 10.4. The van der Waals surface area contributed by atoms with Gasteiger partial charge in [-0.3, -0.25) is 10.1 Å². The van der Waals surface area contributed by atoms with Crippen LogP contribution in [-0.4, -0.2) is 15.1 Å². The topological polar surface area (TPSA) is 82.1 Å². The fraction of sp³-hybridized carbons (Fsp3) is 0. The molecule has 76 valence electrons. The predicted molar refractivity (Wildman–Crippen MR) is 54.4 cm³/mol. The number of hydrogen-bond acceptors (Lipinski definition) is 6. The van der Waals surface area contributed by atoms with Gasteiger partial charge in [0.25, 0.3) is 0 Å². The van der Waals surface area contributed by atoms with Crippen LogP contribution < -0.4 is 0 Å². The standard InChI is InChI=1S/C8H5N3O3S/c1-2-6-9-10-8(15-6)5-3-4-7(14-5)11(12)13/h2-4H,1H2. The predicted octanol–water partition coefficient (Wildman–Crippen LogP) is 2.35. The van der Waals surface area contributed by atoms with E-state index in [-0.39, 0.29) is 5.88 Å². The minimum atomic E-state index is -0.598. The van der Waals surface area contributed by atoms with E-state index in [0.29, 0.717) is 15.8 Å². The Morgan fingerprint density at radius 2 is 2.33 bits per heavy atom. The second-order valence-corrected chi connectivity index (χ2v) is 3.55. The van der Waals surface area contributed by atoms with Crippen LogP contribution in [0.15, 0.2) is 23.1 Å². The SMILES string of the molecule is C=Cc1nnc(-c2ccc([N+](=O)[O-])o2)s1. The minimum absolute atomic E-state index is 0.305. The van der Waals surface area contributed by atoms with Crippen LogP contribution >= 0.6 is 11.3 Å². The van der Waals surface area contributed by atoms with E-state index in [0.717, 1.165) is 0 Å². The number of rotatable bonds is 3. The summed E-state index contributed by atoms with van der Waals surface area (Å²) in [5.74, 6) is 0.0349. The third-order valence-corrected chi connectivity index (χ3v) is 2.53. The van der Waals surface area contributed by atoms with E-state index < -0.39 is 4.92 Å². The molecule has 6 nitrogen and oxygen atoms in total. The quantitative estimate of drug-likeness (QED) is 0.589. The van der Waals surface area contributed by atoms with Crippen molar-refractivity contribution >= 4 is 23.3 Å². The summed E-state index contributed by atoms with van der Waals surface area (Å²) >= 11 is 1.25. The van der Waals surface area contributed by atoms with Gasteiger partial charge in [-0.1, -0.05) is 17.9 Å². The van der Waals surface area contributed by atoms with Crippen LogP contribution in [0.1, 0.15) is 5.01 Å². The summed E-state index contributed by atoms with van der Waals surface area (Å²) in [5.41, 5.74) is 0. The van der Waals surface area contributed by atoms with Gasteiger partial charge in [-0.05, 0) is 12.1 Å². The number of nitrogens with zero attached hydrogens (tertiary/aromatic N) is 3. The number of hydrogen-bond donors (Lipinski definition) is 0. The molecule has 0 unspecified atom stereocenters. The molecule has 0 aliphatic heterocycles. The lowest BCUT2D eigenvalue weighted by Gasteiger charge is -1.84. The molecule has 0 atom stereocenters. The molecule has 0 radical (unpaired) electrons. The number of aromatic nitrogens is 2. The van der Waals surface area contributed by atoms with Crippen molar-refractivity contribution in [1.29, 1.82) is 0 Å². The zero-order valence-electron chi connectivity index (χ0n) is 7.41. The van der Waals surface area contributed by atoms with Crippen molar-refractivity contribution in [3.05, 3.63) is 33.8 Å². The molecule has 0 amide bonds. The highest BCUT2D eigenvalue weighted by Gasteiger charge is 2.15. The Balaban J connectivity index is 2.36. The van der Waals surface area contributed by atoms with Gasteiger partial charge in [0.05, 0.1) is 6.07 Å². The molecule has 2 heterocycles. The summed E-state index contributed by atoms with van der Waals surface area (Å²) in [7, 11) is 0. The summed E-state index contributed by atoms with van der Waals surface area (Å²) in [4.78, 5) is 9.77. The molecule has 0 aromatic carbocycles. The molecule has 0 N–H and O–H groups in total. The molecule has 2 rings (SSSR count). The highest BCUT2D eigenvalue weighted by Crippen LogP contribution is 2.28. The Morgan fingerprint density at radius 1 is 1.53 bits per heavy atom. The van der Waals surface area contributed by atoms with Crippen molar-refractivity contribution in [2.45, 2.75) is 0 Å². The lowest BCUT2D eigenvalue weighted by atomic mass is 10.5. The van der Waals surface area contributed by atoms with E-state index in [1.165, 1.54) is 23.5 Å². The summed E-state index contributed by atoms with van der Waals surface area (Å²) < 4.78 is 4.96. The van der Waals surface area contributed by atoms with Gasteiger partial charge < -0.3 is 4.42 Å². The van der Waals surface area contributed by atoms with E-state index >= 15 is 0 Å². The van der Waals surface area contributed by atoms with Crippen LogP contribution in [0.4, 0.5) is 5.88 Å². The molecule has 7 heteroatoms. The Bertz CT molecular complexity index is 517. The highest BCUT2D eigenvalue weighted by molar-refractivity contribution is 7.15. The van der Waals surface area contributed by atoms with Crippen LogP contribution in [0.5, 0.6) is 0 Å². The Hall–Kier alpha value is -2.02. The van der Waals surface area contributed by atoms with Gasteiger partial charge in [0, 0.05) is 0 Å². The molecule has 0 aliphatic rings. The normalized spacial score (nSPS) is 10.1. The fourth-order valence-electron chi connectivity index (χ4n) is 0.957. The molecule has 0 aliphatic carbocycles. The summed E-state index contributed by atoms with van der Waals surface area (Å²) in [6.07, 6.45) is 1.55. The van der Waals surface area contributed by atoms with Gasteiger partial charge in [-0.25, -0.2) is 0 Å². The van der Waals surface area contributed by atoms with Crippen LogP contribution in [-0.2, 0) is 0 Å². The lowest BCUT2D eigenvalue weighted by molar-refractivity contribution is -0.401. The Kier molecular flexibility index (Phi) is 2.30. The second-order valence-electron chi connectivity index (χ2n) is 2.54. The van der Waals surface area contributed by atoms with Crippen LogP contribution in [0.2, 0.25) is 0 Å². The molecule has 0 saturated carbocycles. The highest BCUT2D eigenvalue weighted by atomic mass is 32.1. The van der Waals surface area contributed by atoms with Crippen LogP contribution in [0.25, 0.3) is 16.8 Å². The zero-order chi connectivity index (χ0) is 10.8. The van der Waals surface area contributed by atoms with E-state index in [2.05, 4.69) is 16.8 Å². The average Bonchev–Trinajstić information content (AvgIpc) is 2.86. The van der Waals surface area contributed by atoms with Gasteiger partial charge in [0.2, 0.25) is 0 Å². The average molecular weight is 223 g/mol. The van der Waals surface area contributed by atoms with Gasteiger partial charge >= 0.3 is 5.88 Å². The van der Waals surface area contributed by atoms with Crippen LogP contribution in [0.3, 0.4) is 0 Å². The Labute approximate surface area is 88.0 Å². The molecular formula is C8H5N3O3S. The maximum Gasteiger partial charge on any atom is 0.433 e. The first-order chi connectivity index (χ1) is 7.20. The summed E-state index contributed by atoms with van der Waals surface area (Å²) in [5, 5.41) is 19.1. The molecule has 2 aromatic rings. The van der Waals surface area contributed by atoms with Crippen molar-refractivity contribution in [3.8, 4) is 10.8 Å². The molecule has 15 heavy (non-hydrogen) atoms. The first kappa shape index (κ1) is 9.53. The molecule has 2 aromatic heterocycles.